The van der Waals surface area contributed by atoms with Crippen molar-refractivity contribution in [1.29, 1.82) is 0 Å². The van der Waals surface area contributed by atoms with Crippen molar-refractivity contribution in [3.63, 3.8) is 0 Å². The van der Waals surface area contributed by atoms with E-state index in [9.17, 15) is 9.90 Å². The second-order valence-corrected chi connectivity index (χ2v) is 2.91. The van der Waals surface area contributed by atoms with E-state index in [0.717, 1.165) is 0 Å². The monoisotopic (exact) mass is 162 g/mol. The minimum Gasteiger partial charge on any atom is -0.391 e. The Hall–Kier alpha value is -0.450. The largest absolute Gasteiger partial charge is 0.391 e. The Morgan fingerprint density at radius 1 is 1.55 bits per heavy atom. The zero-order chi connectivity index (χ0) is 9.07. The van der Waals surface area contributed by atoms with Crippen molar-refractivity contribution in [2.75, 3.05) is 0 Å². The van der Waals surface area contributed by atoms with Crippen LogP contribution in [0.3, 0.4) is 0 Å². The van der Waals surface area contributed by atoms with Gasteiger partial charge in [-0.1, -0.05) is 0 Å². The first-order valence-electron chi connectivity index (χ1n) is 3.44. The average molecular weight is 162 g/mol. The van der Waals surface area contributed by atoms with E-state index in [0.29, 0.717) is 6.29 Å². The van der Waals surface area contributed by atoms with Crippen LogP contribution in [0.25, 0.3) is 0 Å². The summed E-state index contributed by atoms with van der Waals surface area (Å²) in [5, 5.41) is 27.3. The zero-order valence-electron chi connectivity index (χ0n) is 6.69. The van der Waals surface area contributed by atoms with Gasteiger partial charge >= 0.3 is 0 Å². The Morgan fingerprint density at radius 2 is 2.00 bits per heavy atom. The molecule has 0 aliphatic rings. The molecule has 0 aromatic carbocycles. The molecule has 0 fully saturated rings. The summed E-state index contributed by atoms with van der Waals surface area (Å²) < 4.78 is 0. The summed E-state index contributed by atoms with van der Waals surface area (Å²) in [7, 11) is 0. The molecule has 11 heavy (non-hydrogen) atoms. The van der Waals surface area contributed by atoms with E-state index < -0.39 is 17.8 Å². The number of aliphatic hydroxyl groups is 3. The van der Waals surface area contributed by atoms with Gasteiger partial charge in [-0.2, -0.15) is 0 Å². The highest BCUT2D eigenvalue weighted by Gasteiger charge is 2.32. The van der Waals surface area contributed by atoms with Crippen LogP contribution < -0.4 is 0 Å². The minimum atomic E-state index is -1.53. The lowest BCUT2D eigenvalue weighted by molar-refractivity contribution is -0.129. The molecule has 0 radical (unpaired) electrons. The van der Waals surface area contributed by atoms with Gasteiger partial charge in [0.2, 0.25) is 0 Å². The molecule has 0 aliphatic carbocycles. The summed E-state index contributed by atoms with van der Waals surface area (Å²) in [6, 6.07) is 0. The zero-order valence-corrected chi connectivity index (χ0v) is 6.69. The second-order valence-electron chi connectivity index (χ2n) is 2.91. The van der Waals surface area contributed by atoms with Crippen molar-refractivity contribution in [3.8, 4) is 0 Å². The Morgan fingerprint density at radius 3 is 2.27 bits per heavy atom. The van der Waals surface area contributed by atoms with Gasteiger partial charge in [-0.15, -0.1) is 0 Å². The number of carbonyl (C=O) groups excluding carboxylic acids is 1. The molecule has 4 nitrogen and oxygen atoms in total. The molecule has 0 bridgehead atoms. The highest BCUT2D eigenvalue weighted by molar-refractivity contribution is 5.51. The molecule has 0 aromatic rings. The summed E-state index contributed by atoms with van der Waals surface area (Å²) in [5.74, 6) is 0. The Labute approximate surface area is 65.5 Å². The maximum Gasteiger partial charge on any atom is 0.122 e. The third-order valence-corrected chi connectivity index (χ3v) is 1.59. The average Bonchev–Trinajstić information content (AvgIpc) is 1.86. The van der Waals surface area contributed by atoms with Crippen LogP contribution in [-0.4, -0.2) is 39.4 Å². The molecule has 0 aromatic heterocycles. The Balaban J connectivity index is 4.15. The molecular formula is C7H14O4. The van der Waals surface area contributed by atoms with Crippen LogP contribution in [-0.2, 0) is 4.79 Å². The number of carbonyl (C=O) groups is 1. The van der Waals surface area contributed by atoms with Crippen LogP contribution in [0.1, 0.15) is 20.3 Å². The smallest absolute Gasteiger partial charge is 0.122 e. The molecule has 0 amide bonds. The molecule has 0 saturated heterocycles. The molecule has 1 unspecified atom stereocenters. The highest BCUT2D eigenvalue weighted by atomic mass is 16.4. The molecule has 0 rings (SSSR count). The third kappa shape index (κ3) is 2.96. The number of rotatable bonds is 4. The van der Waals surface area contributed by atoms with Crippen LogP contribution in [0.5, 0.6) is 0 Å². The van der Waals surface area contributed by atoms with Gasteiger partial charge in [0.05, 0.1) is 11.7 Å². The molecule has 0 spiro atoms. The standard InChI is InChI=1S/C7H14O4/c1-5(9)6(10)7(2,11)3-4-8/h4-6,9-11H,3H2,1-2H3/t5?,6-,7+/m0/s1. The fraction of sp³-hybridized carbons (Fsp3) is 0.857. The lowest BCUT2D eigenvalue weighted by Crippen LogP contribution is -2.46. The van der Waals surface area contributed by atoms with E-state index in [-0.39, 0.29) is 6.42 Å². The van der Waals surface area contributed by atoms with E-state index in [1.165, 1.54) is 13.8 Å². The first kappa shape index (κ1) is 10.6. The van der Waals surface area contributed by atoms with Crippen LogP contribution in [0.4, 0.5) is 0 Å². The molecule has 66 valence electrons. The predicted octanol–water partition coefficient (Wildman–Crippen LogP) is -0.932. The predicted molar refractivity (Wildman–Crippen MR) is 39.0 cm³/mol. The van der Waals surface area contributed by atoms with Gasteiger partial charge in [-0.25, -0.2) is 0 Å². The van der Waals surface area contributed by atoms with Gasteiger partial charge in [-0.3, -0.25) is 0 Å². The normalized spacial score (nSPS) is 21.9. The van der Waals surface area contributed by atoms with Gasteiger partial charge in [0.1, 0.15) is 12.4 Å². The van der Waals surface area contributed by atoms with Crippen molar-refractivity contribution in [2.24, 2.45) is 0 Å². The number of hydrogen-bond donors (Lipinski definition) is 3. The fourth-order valence-corrected chi connectivity index (χ4v) is 0.809. The van der Waals surface area contributed by atoms with E-state index in [4.69, 9.17) is 10.2 Å². The summed E-state index contributed by atoms with van der Waals surface area (Å²) in [5.41, 5.74) is -1.53. The molecule has 0 aliphatic heterocycles. The van der Waals surface area contributed by atoms with E-state index in [1.807, 2.05) is 0 Å². The van der Waals surface area contributed by atoms with Crippen molar-refractivity contribution in [2.45, 2.75) is 38.1 Å². The highest BCUT2D eigenvalue weighted by Crippen LogP contribution is 2.15. The minimum absolute atomic E-state index is 0.181. The first-order chi connectivity index (χ1) is 4.91. The summed E-state index contributed by atoms with van der Waals surface area (Å²) in [4.78, 5) is 9.99. The van der Waals surface area contributed by atoms with Gasteiger partial charge in [-0.05, 0) is 13.8 Å². The van der Waals surface area contributed by atoms with Crippen molar-refractivity contribution in [3.05, 3.63) is 0 Å². The maximum atomic E-state index is 9.99. The summed E-state index contributed by atoms with van der Waals surface area (Å²) in [6.45, 7) is 2.66. The van der Waals surface area contributed by atoms with Crippen LogP contribution in [0.15, 0.2) is 0 Å². The number of aliphatic hydroxyl groups excluding tert-OH is 2. The second kappa shape index (κ2) is 3.80. The molecule has 0 heterocycles. The lowest BCUT2D eigenvalue weighted by Gasteiger charge is -2.28. The lowest BCUT2D eigenvalue weighted by atomic mass is 9.93. The van der Waals surface area contributed by atoms with E-state index in [2.05, 4.69) is 0 Å². The number of aldehydes is 1. The molecule has 3 N–H and O–H groups in total. The molecule has 4 heteroatoms. The first-order valence-corrected chi connectivity index (χ1v) is 3.44. The number of hydrogen-bond acceptors (Lipinski definition) is 4. The van der Waals surface area contributed by atoms with Crippen LogP contribution >= 0.6 is 0 Å². The fourth-order valence-electron chi connectivity index (χ4n) is 0.809. The summed E-state index contributed by atoms with van der Waals surface area (Å²) >= 11 is 0. The topological polar surface area (TPSA) is 77.8 Å². The van der Waals surface area contributed by atoms with Crippen molar-refractivity contribution >= 4 is 6.29 Å². The molecule has 0 saturated carbocycles. The van der Waals surface area contributed by atoms with Gasteiger partial charge < -0.3 is 20.1 Å². The molecule has 3 atom stereocenters. The van der Waals surface area contributed by atoms with Gasteiger partial charge in [0.15, 0.2) is 0 Å². The Bertz CT molecular complexity index is 130. The maximum absolute atomic E-state index is 9.99. The summed E-state index contributed by atoms with van der Waals surface area (Å²) in [6.07, 6.45) is -2.00. The van der Waals surface area contributed by atoms with Crippen LogP contribution in [0.2, 0.25) is 0 Å². The quantitative estimate of drug-likeness (QED) is 0.467. The third-order valence-electron chi connectivity index (χ3n) is 1.59. The van der Waals surface area contributed by atoms with E-state index >= 15 is 0 Å². The van der Waals surface area contributed by atoms with Gasteiger partial charge in [0.25, 0.3) is 0 Å². The SMILES string of the molecule is CC(O)[C@H](O)[C@](C)(O)CC=O. The van der Waals surface area contributed by atoms with E-state index in [1.54, 1.807) is 0 Å². The van der Waals surface area contributed by atoms with Gasteiger partial charge in [0, 0.05) is 6.42 Å². The van der Waals surface area contributed by atoms with Crippen molar-refractivity contribution < 1.29 is 20.1 Å². The molecular weight excluding hydrogens is 148 g/mol. The van der Waals surface area contributed by atoms with Crippen molar-refractivity contribution in [1.82, 2.24) is 0 Å². The van der Waals surface area contributed by atoms with Crippen LogP contribution in [0, 0.1) is 0 Å². The Kier molecular flexibility index (Phi) is 3.65.